The lowest BCUT2D eigenvalue weighted by Crippen LogP contribution is -2.23. The van der Waals surface area contributed by atoms with Crippen molar-refractivity contribution in [3.63, 3.8) is 0 Å². The molecule has 1 unspecified atom stereocenters. The van der Waals surface area contributed by atoms with Gasteiger partial charge in [-0.1, -0.05) is 36.7 Å². The first-order valence-electron chi connectivity index (χ1n) is 6.16. The van der Waals surface area contributed by atoms with Crippen LogP contribution >= 0.6 is 11.6 Å². The monoisotopic (exact) mass is 299 g/mol. The molecule has 1 N–H and O–H groups in total. The van der Waals surface area contributed by atoms with Crippen LogP contribution < -0.4 is 5.32 Å². The van der Waals surface area contributed by atoms with E-state index >= 15 is 0 Å². The van der Waals surface area contributed by atoms with Crippen molar-refractivity contribution < 1.29 is 13.2 Å². The van der Waals surface area contributed by atoms with Gasteiger partial charge in [0.1, 0.15) is 0 Å². The van der Waals surface area contributed by atoms with Gasteiger partial charge in [-0.15, -0.1) is 0 Å². The quantitative estimate of drug-likeness (QED) is 0.822. The summed E-state index contributed by atoms with van der Waals surface area (Å²) in [5, 5.41) is 3.60. The fourth-order valence-corrected chi connectivity index (χ4v) is 2.16. The second-order valence-electron chi connectivity index (χ2n) is 4.31. The first kappa shape index (κ1) is 14.9. The van der Waals surface area contributed by atoms with Gasteiger partial charge in [0.05, 0.1) is 6.04 Å². The zero-order chi connectivity index (χ0) is 14.7. The van der Waals surface area contributed by atoms with Crippen molar-refractivity contribution in [2.45, 2.75) is 13.0 Å². The Morgan fingerprint density at radius 3 is 2.25 bits per heavy atom. The molecule has 2 aromatic carbocycles. The predicted molar refractivity (Wildman–Crippen MR) is 73.3 cm³/mol. The van der Waals surface area contributed by atoms with Gasteiger partial charge in [-0.25, -0.2) is 13.2 Å². The number of halogens is 4. The Morgan fingerprint density at radius 2 is 1.65 bits per heavy atom. The Kier molecular flexibility index (Phi) is 4.68. The van der Waals surface area contributed by atoms with Crippen molar-refractivity contribution in [2.75, 3.05) is 6.54 Å². The van der Waals surface area contributed by atoms with Crippen LogP contribution in [0.25, 0.3) is 0 Å². The first-order valence-corrected chi connectivity index (χ1v) is 6.54. The number of hydrogen-bond donors (Lipinski definition) is 1. The van der Waals surface area contributed by atoms with Crippen LogP contribution in [-0.2, 0) is 0 Å². The van der Waals surface area contributed by atoms with E-state index in [0.717, 1.165) is 11.6 Å². The van der Waals surface area contributed by atoms with Crippen molar-refractivity contribution in [1.82, 2.24) is 5.32 Å². The molecule has 0 amide bonds. The molecule has 0 radical (unpaired) electrons. The average Bonchev–Trinajstić information content (AvgIpc) is 2.44. The second-order valence-corrected chi connectivity index (χ2v) is 4.74. The van der Waals surface area contributed by atoms with Crippen LogP contribution in [0, 0.1) is 17.5 Å². The predicted octanol–water partition coefficient (Wildman–Crippen LogP) is 4.46. The Labute approximate surface area is 120 Å². The van der Waals surface area contributed by atoms with Gasteiger partial charge < -0.3 is 5.32 Å². The van der Waals surface area contributed by atoms with E-state index in [1.54, 1.807) is 24.3 Å². The topological polar surface area (TPSA) is 12.0 Å². The molecule has 0 aliphatic carbocycles. The van der Waals surface area contributed by atoms with Gasteiger partial charge in [-0.3, -0.25) is 0 Å². The van der Waals surface area contributed by atoms with Gasteiger partial charge in [0, 0.05) is 10.6 Å². The van der Waals surface area contributed by atoms with Gasteiger partial charge in [-0.2, -0.15) is 0 Å². The molecular formula is C15H13ClF3N. The third kappa shape index (κ3) is 2.97. The molecule has 0 saturated carbocycles. The Hall–Kier alpha value is -1.52. The molecule has 2 aromatic rings. The summed E-state index contributed by atoms with van der Waals surface area (Å²) < 4.78 is 40.3. The standard InChI is InChI=1S/C15H13ClF3N/c1-2-20-15(9-3-5-10(16)6-4-9)11-7-8-12(17)14(19)13(11)18/h3-8,15,20H,2H2,1H3. The van der Waals surface area contributed by atoms with Crippen LogP contribution in [0.5, 0.6) is 0 Å². The summed E-state index contributed by atoms with van der Waals surface area (Å²) in [6, 6.07) is 8.38. The van der Waals surface area contributed by atoms with E-state index in [0.29, 0.717) is 11.6 Å². The fraction of sp³-hybridized carbons (Fsp3) is 0.200. The smallest absolute Gasteiger partial charge is 0.194 e. The maximum atomic E-state index is 13.9. The summed E-state index contributed by atoms with van der Waals surface area (Å²) in [5.74, 6) is -3.83. The number of benzene rings is 2. The van der Waals surface area contributed by atoms with Crippen molar-refractivity contribution >= 4 is 11.6 Å². The SMILES string of the molecule is CCNC(c1ccc(Cl)cc1)c1ccc(F)c(F)c1F. The summed E-state index contributed by atoms with van der Waals surface area (Å²) in [7, 11) is 0. The van der Waals surface area contributed by atoms with Gasteiger partial charge >= 0.3 is 0 Å². The van der Waals surface area contributed by atoms with E-state index in [-0.39, 0.29) is 5.56 Å². The van der Waals surface area contributed by atoms with Crippen molar-refractivity contribution in [2.24, 2.45) is 0 Å². The summed E-state index contributed by atoms with van der Waals surface area (Å²) in [5.41, 5.74) is 0.786. The van der Waals surface area contributed by atoms with E-state index in [1.807, 2.05) is 6.92 Å². The highest BCUT2D eigenvalue weighted by atomic mass is 35.5. The van der Waals surface area contributed by atoms with Crippen LogP contribution in [0.4, 0.5) is 13.2 Å². The normalized spacial score (nSPS) is 12.4. The molecule has 0 fully saturated rings. The maximum Gasteiger partial charge on any atom is 0.194 e. The Morgan fingerprint density at radius 1 is 1.00 bits per heavy atom. The maximum absolute atomic E-state index is 13.9. The lowest BCUT2D eigenvalue weighted by atomic mass is 9.98. The van der Waals surface area contributed by atoms with Crippen molar-refractivity contribution in [3.05, 3.63) is 70.0 Å². The van der Waals surface area contributed by atoms with E-state index in [9.17, 15) is 13.2 Å². The molecule has 1 atom stereocenters. The minimum Gasteiger partial charge on any atom is -0.306 e. The molecule has 0 aromatic heterocycles. The van der Waals surface area contributed by atoms with Crippen LogP contribution in [0.15, 0.2) is 36.4 Å². The fourth-order valence-electron chi connectivity index (χ4n) is 2.03. The van der Waals surface area contributed by atoms with E-state index in [4.69, 9.17) is 11.6 Å². The number of rotatable bonds is 4. The summed E-state index contributed by atoms with van der Waals surface area (Å²) in [6.45, 7) is 2.40. The van der Waals surface area contributed by atoms with Crippen molar-refractivity contribution in [3.8, 4) is 0 Å². The molecule has 5 heteroatoms. The van der Waals surface area contributed by atoms with Crippen LogP contribution in [-0.4, -0.2) is 6.54 Å². The highest BCUT2D eigenvalue weighted by Gasteiger charge is 2.21. The second kappa shape index (κ2) is 6.29. The molecule has 0 aliphatic rings. The highest BCUT2D eigenvalue weighted by molar-refractivity contribution is 6.30. The first-order chi connectivity index (χ1) is 9.54. The van der Waals surface area contributed by atoms with E-state index < -0.39 is 23.5 Å². The zero-order valence-electron chi connectivity index (χ0n) is 10.8. The third-order valence-corrected chi connectivity index (χ3v) is 3.24. The van der Waals surface area contributed by atoms with Crippen LogP contribution in [0.1, 0.15) is 24.1 Å². The Balaban J connectivity index is 2.48. The molecule has 0 aliphatic heterocycles. The van der Waals surface area contributed by atoms with Crippen molar-refractivity contribution in [1.29, 1.82) is 0 Å². The van der Waals surface area contributed by atoms with Gasteiger partial charge in [0.2, 0.25) is 0 Å². The highest BCUT2D eigenvalue weighted by Crippen LogP contribution is 2.27. The zero-order valence-corrected chi connectivity index (χ0v) is 11.5. The number of nitrogens with one attached hydrogen (secondary N) is 1. The van der Waals surface area contributed by atoms with Crippen LogP contribution in [0.2, 0.25) is 5.02 Å². The summed E-state index contributed by atoms with van der Waals surface area (Å²) in [6.07, 6.45) is 0. The lowest BCUT2D eigenvalue weighted by molar-refractivity contribution is 0.433. The summed E-state index contributed by atoms with van der Waals surface area (Å²) >= 11 is 5.81. The molecule has 0 heterocycles. The molecule has 0 spiro atoms. The summed E-state index contributed by atoms with van der Waals surface area (Å²) in [4.78, 5) is 0. The van der Waals surface area contributed by atoms with Gasteiger partial charge in [0.15, 0.2) is 17.5 Å². The lowest BCUT2D eigenvalue weighted by Gasteiger charge is -2.20. The average molecular weight is 300 g/mol. The molecular weight excluding hydrogens is 287 g/mol. The van der Waals surface area contributed by atoms with E-state index in [2.05, 4.69) is 5.32 Å². The molecule has 20 heavy (non-hydrogen) atoms. The molecule has 0 saturated heterocycles. The molecule has 0 bridgehead atoms. The largest absolute Gasteiger partial charge is 0.306 e. The molecule has 1 nitrogen and oxygen atoms in total. The molecule has 106 valence electrons. The van der Waals surface area contributed by atoms with Gasteiger partial charge in [0.25, 0.3) is 0 Å². The minimum absolute atomic E-state index is 0.0630. The molecule has 2 rings (SSSR count). The Bertz CT molecular complexity index is 599. The minimum atomic E-state index is -1.46. The third-order valence-electron chi connectivity index (χ3n) is 2.99. The van der Waals surface area contributed by atoms with Gasteiger partial charge in [-0.05, 0) is 30.3 Å². The van der Waals surface area contributed by atoms with E-state index in [1.165, 1.54) is 6.07 Å². The number of hydrogen-bond acceptors (Lipinski definition) is 1. The van der Waals surface area contributed by atoms with Crippen LogP contribution in [0.3, 0.4) is 0 Å².